The third kappa shape index (κ3) is 2.43. The van der Waals surface area contributed by atoms with Crippen LogP contribution in [0, 0.1) is 12.8 Å². The van der Waals surface area contributed by atoms with Crippen LogP contribution in [0.1, 0.15) is 41.7 Å². The zero-order valence-electron chi connectivity index (χ0n) is 10.4. The van der Waals surface area contributed by atoms with E-state index in [1.165, 1.54) is 25.7 Å². The second-order valence-corrected chi connectivity index (χ2v) is 4.77. The highest BCUT2D eigenvalue weighted by Gasteiger charge is 2.21. The van der Waals surface area contributed by atoms with Crippen molar-refractivity contribution < 1.29 is 9.90 Å². The minimum Gasteiger partial charge on any atom is -0.477 e. The van der Waals surface area contributed by atoms with Gasteiger partial charge in [0.2, 0.25) is 0 Å². The molecule has 0 amide bonds. The molecule has 2 rings (SSSR count). The maximum absolute atomic E-state index is 11.2. The molecule has 1 aromatic rings. The number of nitrogens with one attached hydrogen (secondary N) is 1. The van der Waals surface area contributed by atoms with Gasteiger partial charge >= 0.3 is 5.97 Å². The average Bonchev–Trinajstić information content (AvgIpc) is 2.83. The van der Waals surface area contributed by atoms with E-state index in [0.717, 1.165) is 6.54 Å². The van der Waals surface area contributed by atoms with Gasteiger partial charge in [-0.2, -0.15) is 5.10 Å². The molecule has 1 aromatic heterocycles. The van der Waals surface area contributed by atoms with E-state index in [9.17, 15) is 4.79 Å². The minimum atomic E-state index is -0.912. The molecule has 17 heavy (non-hydrogen) atoms. The molecule has 0 spiro atoms. The molecule has 94 valence electrons. The van der Waals surface area contributed by atoms with E-state index in [4.69, 9.17) is 5.11 Å². The maximum atomic E-state index is 11.2. The first-order valence-electron chi connectivity index (χ1n) is 6.10. The van der Waals surface area contributed by atoms with Crippen molar-refractivity contribution >= 4 is 11.8 Å². The first-order chi connectivity index (χ1) is 8.09. The zero-order chi connectivity index (χ0) is 12.4. The Balaban J connectivity index is 2.11. The summed E-state index contributed by atoms with van der Waals surface area (Å²) in [6.07, 6.45) is 5.07. The number of carboxylic acid groups (broad SMARTS) is 1. The lowest BCUT2D eigenvalue weighted by atomic mass is 10.1. The molecule has 1 heterocycles. The van der Waals surface area contributed by atoms with Gasteiger partial charge < -0.3 is 10.4 Å². The van der Waals surface area contributed by atoms with Crippen molar-refractivity contribution in [2.75, 3.05) is 11.9 Å². The smallest absolute Gasteiger partial charge is 0.341 e. The van der Waals surface area contributed by atoms with E-state index in [1.807, 2.05) is 0 Å². The van der Waals surface area contributed by atoms with Crippen LogP contribution in [-0.4, -0.2) is 27.4 Å². The molecule has 1 aliphatic rings. The summed E-state index contributed by atoms with van der Waals surface area (Å²) in [7, 11) is 1.77. The number of aryl methyl sites for hydroxylation is 2. The van der Waals surface area contributed by atoms with Gasteiger partial charge in [-0.1, -0.05) is 12.8 Å². The van der Waals surface area contributed by atoms with Gasteiger partial charge in [-0.3, -0.25) is 4.68 Å². The topological polar surface area (TPSA) is 67.2 Å². The van der Waals surface area contributed by atoms with Gasteiger partial charge in [0, 0.05) is 13.6 Å². The van der Waals surface area contributed by atoms with Gasteiger partial charge in [0.25, 0.3) is 0 Å². The molecule has 0 bridgehead atoms. The lowest BCUT2D eigenvalue weighted by Gasteiger charge is -2.12. The fourth-order valence-corrected chi connectivity index (χ4v) is 2.57. The molecule has 0 aliphatic heterocycles. The zero-order valence-corrected chi connectivity index (χ0v) is 10.4. The van der Waals surface area contributed by atoms with Crippen molar-refractivity contribution in [3.63, 3.8) is 0 Å². The quantitative estimate of drug-likeness (QED) is 0.840. The summed E-state index contributed by atoms with van der Waals surface area (Å²) < 4.78 is 1.62. The molecule has 5 nitrogen and oxygen atoms in total. The first-order valence-corrected chi connectivity index (χ1v) is 6.10. The second kappa shape index (κ2) is 4.77. The number of carboxylic acids is 1. The van der Waals surface area contributed by atoms with Crippen LogP contribution >= 0.6 is 0 Å². The Labute approximate surface area is 101 Å². The van der Waals surface area contributed by atoms with E-state index >= 15 is 0 Å². The Kier molecular flexibility index (Phi) is 3.36. The van der Waals surface area contributed by atoms with Gasteiger partial charge in [0.15, 0.2) is 0 Å². The Bertz CT molecular complexity index is 420. The minimum absolute atomic E-state index is 0.297. The monoisotopic (exact) mass is 237 g/mol. The van der Waals surface area contributed by atoms with E-state index in [2.05, 4.69) is 10.4 Å². The molecule has 0 radical (unpaired) electrons. The lowest BCUT2D eigenvalue weighted by molar-refractivity contribution is 0.0697. The molecular weight excluding hydrogens is 218 g/mol. The molecular formula is C12H19N3O2. The Hall–Kier alpha value is -1.52. The van der Waals surface area contributed by atoms with E-state index in [1.54, 1.807) is 18.7 Å². The van der Waals surface area contributed by atoms with Gasteiger partial charge in [0.05, 0.1) is 5.69 Å². The van der Waals surface area contributed by atoms with Gasteiger partial charge in [-0.25, -0.2) is 4.79 Å². The highest BCUT2D eigenvalue weighted by atomic mass is 16.4. The summed E-state index contributed by atoms with van der Waals surface area (Å²) in [6.45, 7) is 2.57. The van der Waals surface area contributed by atoms with Crippen LogP contribution in [0.3, 0.4) is 0 Å². The summed E-state index contributed by atoms with van der Waals surface area (Å²) in [6, 6.07) is 0. The highest BCUT2D eigenvalue weighted by Crippen LogP contribution is 2.26. The van der Waals surface area contributed by atoms with Crippen molar-refractivity contribution in [3.8, 4) is 0 Å². The second-order valence-electron chi connectivity index (χ2n) is 4.77. The lowest BCUT2D eigenvalue weighted by Crippen LogP contribution is -2.15. The molecule has 0 saturated heterocycles. The Morgan fingerprint density at radius 2 is 2.18 bits per heavy atom. The summed E-state index contributed by atoms with van der Waals surface area (Å²) in [5, 5.41) is 16.6. The number of hydrogen-bond acceptors (Lipinski definition) is 3. The van der Waals surface area contributed by atoms with E-state index in [0.29, 0.717) is 23.0 Å². The van der Waals surface area contributed by atoms with Crippen LogP contribution in [0.2, 0.25) is 0 Å². The first kappa shape index (κ1) is 12.0. The number of anilines is 1. The van der Waals surface area contributed by atoms with Crippen LogP contribution in [0.4, 0.5) is 5.82 Å². The molecule has 0 aromatic carbocycles. The average molecular weight is 237 g/mol. The van der Waals surface area contributed by atoms with Gasteiger partial charge in [-0.15, -0.1) is 0 Å². The van der Waals surface area contributed by atoms with Crippen molar-refractivity contribution in [1.82, 2.24) is 9.78 Å². The van der Waals surface area contributed by atoms with Crippen LogP contribution < -0.4 is 5.32 Å². The van der Waals surface area contributed by atoms with E-state index < -0.39 is 5.97 Å². The normalized spacial score (nSPS) is 16.4. The van der Waals surface area contributed by atoms with E-state index in [-0.39, 0.29) is 0 Å². The molecule has 0 atom stereocenters. The maximum Gasteiger partial charge on any atom is 0.341 e. The number of aromatic carboxylic acids is 1. The highest BCUT2D eigenvalue weighted by molar-refractivity contribution is 5.94. The van der Waals surface area contributed by atoms with Crippen molar-refractivity contribution in [2.45, 2.75) is 32.6 Å². The number of rotatable bonds is 4. The van der Waals surface area contributed by atoms with Crippen molar-refractivity contribution in [1.29, 1.82) is 0 Å². The summed E-state index contributed by atoms with van der Waals surface area (Å²) in [4.78, 5) is 11.2. The molecule has 5 heteroatoms. The third-order valence-electron chi connectivity index (χ3n) is 3.47. The number of hydrogen-bond donors (Lipinski definition) is 2. The van der Waals surface area contributed by atoms with Crippen LogP contribution in [-0.2, 0) is 7.05 Å². The summed E-state index contributed by atoms with van der Waals surface area (Å²) >= 11 is 0. The van der Waals surface area contributed by atoms with Crippen LogP contribution in [0.25, 0.3) is 0 Å². The van der Waals surface area contributed by atoms with Crippen molar-refractivity contribution in [2.24, 2.45) is 13.0 Å². The predicted molar refractivity (Wildman–Crippen MR) is 65.4 cm³/mol. The van der Waals surface area contributed by atoms with Gasteiger partial charge in [-0.05, 0) is 25.7 Å². The Morgan fingerprint density at radius 1 is 1.53 bits per heavy atom. The van der Waals surface area contributed by atoms with Crippen molar-refractivity contribution in [3.05, 3.63) is 11.3 Å². The summed E-state index contributed by atoms with van der Waals surface area (Å²) in [5.41, 5.74) is 0.861. The van der Waals surface area contributed by atoms with Crippen LogP contribution in [0.15, 0.2) is 0 Å². The predicted octanol–water partition coefficient (Wildman–Crippen LogP) is 2.03. The fraction of sp³-hybridized carbons (Fsp3) is 0.667. The SMILES string of the molecule is Cc1nn(C)c(NCC2CCCC2)c1C(=O)O. The molecule has 1 aliphatic carbocycles. The molecule has 0 unspecified atom stereocenters. The third-order valence-corrected chi connectivity index (χ3v) is 3.47. The molecule has 2 N–H and O–H groups in total. The van der Waals surface area contributed by atoms with Gasteiger partial charge in [0.1, 0.15) is 11.4 Å². The molecule has 1 fully saturated rings. The molecule has 1 saturated carbocycles. The summed E-state index contributed by atoms with van der Waals surface area (Å²) in [5.74, 6) is 0.387. The Morgan fingerprint density at radius 3 is 2.76 bits per heavy atom. The number of nitrogens with zero attached hydrogens (tertiary/aromatic N) is 2. The van der Waals surface area contributed by atoms with Crippen LogP contribution in [0.5, 0.6) is 0 Å². The largest absolute Gasteiger partial charge is 0.477 e. The fourth-order valence-electron chi connectivity index (χ4n) is 2.57. The number of carbonyl (C=O) groups is 1. The standard InChI is InChI=1S/C12H19N3O2/c1-8-10(12(16)17)11(15(2)14-8)13-7-9-5-3-4-6-9/h9,13H,3-7H2,1-2H3,(H,16,17). The number of aromatic nitrogens is 2.